The molecule has 1 heteroatoms. The van der Waals surface area contributed by atoms with Gasteiger partial charge in [-0.25, -0.2) is 0 Å². The lowest BCUT2D eigenvalue weighted by Gasteiger charge is -2.28. The molecule has 0 aliphatic heterocycles. The minimum Gasteiger partial charge on any atom is -0.253 e. The Morgan fingerprint density at radius 1 is 0.786 bits per heavy atom. The number of hydrogen-bond donors (Lipinski definition) is 0. The molecule has 2 aliphatic carbocycles. The highest BCUT2D eigenvalue weighted by molar-refractivity contribution is 5.60. The van der Waals surface area contributed by atoms with E-state index in [0.717, 1.165) is 29.9 Å². The number of pyridine rings is 1. The molecule has 4 rings (SSSR count). The largest absolute Gasteiger partial charge is 0.253 e. The molecule has 0 saturated heterocycles. The SMILES string of the molecule is CCCC1CCC(c2ccc(-c3ccc4c(n3)CCC(CCC)C4)cc2)CC1. The highest BCUT2D eigenvalue weighted by atomic mass is 14.7. The van der Waals surface area contributed by atoms with E-state index in [4.69, 9.17) is 4.98 Å². The van der Waals surface area contributed by atoms with Crippen molar-refractivity contribution in [3.05, 3.63) is 53.2 Å². The van der Waals surface area contributed by atoms with Crippen molar-refractivity contribution in [1.29, 1.82) is 0 Å². The first-order valence-electron chi connectivity index (χ1n) is 11.9. The normalized spacial score (nSPS) is 24.7. The minimum absolute atomic E-state index is 0.772. The number of aryl methyl sites for hydroxylation is 1. The third kappa shape index (κ3) is 4.50. The van der Waals surface area contributed by atoms with Gasteiger partial charge in [-0.3, -0.25) is 4.98 Å². The Morgan fingerprint density at radius 3 is 2.21 bits per heavy atom. The van der Waals surface area contributed by atoms with Crippen molar-refractivity contribution >= 4 is 0 Å². The predicted octanol–water partition coefficient (Wildman–Crippen LogP) is 7.73. The number of rotatable bonds is 6. The van der Waals surface area contributed by atoms with Gasteiger partial charge in [-0.15, -0.1) is 0 Å². The Bertz CT molecular complexity index is 752. The first kappa shape index (κ1) is 19.7. The molecule has 0 N–H and O–H groups in total. The van der Waals surface area contributed by atoms with E-state index >= 15 is 0 Å². The maximum atomic E-state index is 5.05. The first-order valence-corrected chi connectivity index (χ1v) is 11.9. The van der Waals surface area contributed by atoms with Crippen LogP contribution in [0.2, 0.25) is 0 Å². The summed E-state index contributed by atoms with van der Waals surface area (Å²) in [6, 6.07) is 14.0. The molecule has 1 aromatic heterocycles. The van der Waals surface area contributed by atoms with Gasteiger partial charge in [0, 0.05) is 11.3 Å². The van der Waals surface area contributed by atoms with Gasteiger partial charge in [-0.05, 0) is 79.9 Å². The van der Waals surface area contributed by atoms with Crippen LogP contribution in [0.3, 0.4) is 0 Å². The summed E-state index contributed by atoms with van der Waals surface area (Å²) < 4.78 is 0. The molecular weight excluding hydrogens is 338 g/mol. The van der Waals surface area contributed by atoms with E-state index in [-0.39, 0.29) is 0 Å². The fourth-order valence-corrected chi connectivity index (χ4v) is 5.62. The minimum atomic E-state index is 0.772. The summed E-state index contributed by atoms with van der Waals surface area (Å²) in [4.78, 5) is 5.05. The van der Waals surface area contributed by atoms with Crippen LogP contribution in [0.25, 0.3) is 11.3 Å². The average Bonchev–Trinajstić information content (AvgIpc) is 2.75. The van der Waals surface area contributed by atoms with Crippen molar-refractivity contribution < 1.29 is 0 Å². The van der Waals surface area contributed by atoms with Gasteiger partial charge in [0.15, 0.2) is 0 Å². The van der Waals surface area contributed by atoms with Crippen molar-refractivity contribution in [3.8, 4) is 11.3 Å². The van der Waals surface area contributed by atoms with Crippen molar-refractivity contribution in [2.24, 2.45) is 11.8 Å². The Kier molecular flexibility index (Phi) is 6.50. The molecule has 1 nitrogen and oxygen atoms in total. The van der Waals surface area contributed by atoms with Gasteiger partial charge in [-0.1, -0.05) is 69.9 Å². The van der Waals surface area contributed by atoms with E-state index < -0.39 is 0 Å². The number of fused-ring (bicyclic) bond motifs is 1. The molecule has 28 heavy (non-hydrogen) atoms. The summed E-state index contributed by atoms with van der Waals surface area (Å²) in [7, 11) is 0. The van der Waals surface area contributed by atoms with Crippen LogP contribution in [-0.4, -0.2) is 4.98 Å². The van der Waals surface area contributed by atoms with Crippen LogP contribution in [0.4, 0.5) is 0 Å². The smallest absolute Gasteiger partial charge is 0.0705 e. The summed E-state index contributed by atoms with van der Waals surface area (Å²) in [6.07, 6.45) is 14.7. The maximum absolute atomic E-state index is 5.05. The van der Waals surface area contributed by atoms with E-state index in [1.165, 1.54) is 81.0 Å². The monoisotopic (exact) mass is 375 g/mol. The molecule has 1 unspecified atom stereocenters. The van der Waals surface area contributed by atoms with Crippen molar-refractivity contribution in [2.45, 2.75) is 90.4 Å². The molecule has 1 fully saturated rings. The number of aromatic nitrogens is 1. The molecular formula is C27H37N. The lowest BCUT2D eigenvalue weighted by molar-refractivity contribution is 0.308. The van der Waals surface area contributed by atoms with Gasteiger partial charge in [0.1, 0.15) is 0 Å². The highest BCUT2D eigenvalue weighted by Crippen LogP contribution is 2.38. The van der Waals surface area contributed by atoms with E-state index in [1.807, 2.05) is 0 Å². The zero-order valence-electron chi connectivity index (χ0n) is 17.9. The zero-order chi connectivity index (χ0) is 19.3. The van der Waals surface area contributed by atoms with Crippen LogP contribution in [0.5, 0.6) is 0 Å². The lowest BCUT2D eigenvalue weighted by atomic mass is 9.77. The molecule has 0 amide bonds. The molecule has 2 aliphatic rings. The number of benzene rings is 1. The van der Waals surface area contributed by atoms with Crippen LogP contribution in [0, 0.1) is 11.8 Å². The Morgan fingerprint density at radius 2 is 1.50 bits per heavy atom. The maximum Gasteiger partial charge on any atom is 0.0705 e. The van der Waals surface area contributed by atoms with Gasteiger partial charge in [0.2, 0.25) is 0 Å². The first-order chi connectivity index (χ1) is 13.8. The highest BCUT2D eigenvalue weighted by Gasteiger charge is 2.22. The second kappa shape index (κ2) is 9.25. The van der Waals surface area contributed by atoms with Gasteiger partial charge in [0.05, 0.1) is 5.69 Å². The Labute approximate surface area is 172 Å². The third-order valence-corrected chi connectivity index (χ3v) is 7.28. The second-order valence-electron chi connectivity index (χ2n) is 9.33. The van der Waals surface area contributed by atoms with Gasteiger partial charge >= 0.3 is 0 Å². The van der Waals surface area contributed by atoms with Gasteiger partial charge in [-0.2, -0.15) is 0 Å². The molecule has 2 aromatic rings. The van der Waals surface area contributed by atoms with Crippen LogP contribution in [-0.2, 0) is 12.8 Å². The molecule has 1 atom stereocenters. The summed E-state index contributed by atoms with van der Waals surface area (Å²) in [5.74, 6) is 2.63. The predicted molar refractivity (Wildman–Crippen MR) is 120 cm³/mol. The Balaban J connectivity index is 1.42. The fourth-order valence-electron chi connectivity index (χ4n) is 5.62. The van der Waals surface area contributed by atoms with Crippen LogP contribution in [0.1, 0.15) is 94.4 Å². The second-order valence-corrected chi connectivity index (χ2v) is 9.33. The summed E-state index contributed by atoms with van der Waals surface area (Å²) in [5.41, 5.74) is 6.82. The Hall–Kier alpha value is -1.63. The van der Waals surface area contributed by atoms with E-state index in [9.17, 15) is 0 Å². The van der Waals surface area contributed by atoms with Crippen LogP contribution >= 0.6 is 0 Å². The van der Waals surface area contributed by atoms with E-state index in [2.05, 4.69) is 50.2 Å². The molecule has 0 bridgehead atoms. The summed E-state index contributed by atoms with van der Waals surface area (Å²) in [6.45, 7) is 4.63. The molecule has 1 heterocycles. The zero-order valence-corrected chi connectivity index (χ0v) is 17.9. The molecule has 150 valence electrons. The van der Waals surface area contributed by atoms with E-state index in [0.29, 0.717) is 0 Å². The van der Waals surface area contributed by atoms with Crippen LogP contribution < -0.4 is 0 Å². The molecule has 0 radical (unpaired) electrons. The third-order valence-electron chi connectivity index (χ3n) is 7.28. The average molecular weight is 376 g/mol. The summed E-state index contributed by atoms with van der Waals surface area (Å²) >= 11 is 0. The quantitative estimate of drug-likeness (QED) is 0.503. The van der Waals surface area contributed by atoms with Crippen molar-refractivity contribution in [1.82, 2.24) is 4.98 Å². The molecule has 1 saturated carbocycles. The molecule has 0 spiro atoms. The number of nitrogens with zero attached hydrogens (tertiary/aromatic N) is 1. The fraction of sp³-hybridized carbons (Fsp3) is 0.593. The lowest BCUT2D eigenvalue weighted by Crippen LogP contribution is -2.15. The van der Waals surface area contributed by atoms with Crippen LogP contribution in [0.15, 0.2) is 36.4 Å². The van der Waals surface area contributed by atoms with Gasteiger partial charge in [0.25, 0.3) is 0 Å². The van der Waals surface area contributed by atoms with Gasteiger partial charge < -0.3 is 0 Å². The van der Waals surface area contributed by atoms with Crippen molar-refractivity contribution in [3.63, 3.8) is 0 Å². The van der Waals surface area contributed by atoms with Crippen molar-refractivity contribution in [2.75, 3.05) is 0 Å². The molecule has 1 aromatic carbocycles. The topological polar surface area (TPSA) is 12.9 Å². The number of hydrogen-bond acceptors (Lipinski definition) is 1. The van der Waals surface area contributed by atoms with E-state index in [1.54, 1.807) is 5.56 Å². The summed E-state index contributed by atoms with van der Waals surface area (Å²) in [5, 5.41) is 0. The standard InChI is InChI=1S/C27H37N/c1-3-5-20-7-10-22(11-8-20)23-12-14-24(15-13-23)26-18-16-25-19-21(6-4-2)9-17-27(25)28-26/h12-16,18,20-22H,3-11,17,19H2,1-2H3.